The quantitative estimate of drug-likeness (QED) is 0.322. The molecule has 1 atom stereocenters. The highest BCUT2D eigenvalue weighted by Crippen LogP contribution is 2.30. The van der Waals surface area contributed by atoms with Gasteiger partial charge in [-0.05, 0) is 80.4 Å². The number of tetrazole rings is 1. The number of H-pyrrole nitrogens is 1. The van der Waals surface area contributed by atoms with Crippen LogP contribution in [0.5, 0.6) is 5.75 Å². The molecular formula is C27H33ClN6O2. The van der Waals surface area contributed by atoms with Crippen molar-refractivity contribution in [3.63, 3.8) is 0 Å². The first-order chi connectivity index (χ1) is 17.2. The molecule has 4 aromatic rings. The van der Waals surface area contributed by atoms with Gasteiger partial charge in [-0.3, -0.25) is 9.69 Å². The SMILES string of the molecule is CCOc1ccc2[nH]c(=O)c(CN(Cc3ccccc3Cl)[C@@H](CC)c3nnnn3C(C)(C)C)cc2c1. The van der Waals surface area contributed by atoms with Crippen LogP contribution in [0.15, 0.2) is 53.3 Å². The standard InChI is InChI=1S/C27H33ClN6O2/c1-6-24(25-30-31-32-34(25)27(3,4)5)33(16-18-10-8-9-11-22(18)28)17-20-14-19-15-21(36-7-2)12-13-23(19)29-26(20)35/h8-15,24H,6-7,16-17H2,1-5H3,(H,29,35)/t24-/m0/s1. The Morgan fingerprint density at radius 3 is 2.53 bits per heavy atom. The number of halogens is 1. The second-order valence-corrected chi connectivity index (χ2v) is 10.3. The summed E-state index contributed by atoms with van der Waals surface area (Å²) in [6, 6.07) is 15.3. The Bertz CT molecular complexity index is 1390. The van der Waals surface area contributed by atoms with Crippen LogP contribution in [0.3, 0.4) is 0 Å². The van der Waals surface area contributed by atoms with E-state index in [1.807, 2.05) is 60.1 Å². The summed E-state index contributed by atoms with van der Waals surface area (Å²) >= 11 is 6.55. The number of hydrogen-bond donors (Lipinski definition) is 1. The molecule has 9 heteroatoms. The molecule has 0 radical (unpaired) electrons. The largest absolute Gasteiger partial charge is 0.494 e. The molecule has 0 saturated heterocycles. The van der Waals surface area contributed by atoms with Crippen molar-refractivity contribution in [1.29, 1.82) is 0 Å². The number of benzene rings is 2. The van der Waals surface area contributed by atoms with E-state index in [0.29, 0.717) is 30.3 Å². The molecule has 2 aromatic carbocycles. The van der Waals surface area contributed by atoms with Crippen molar-refractivity contribution in [3.8, 4) is 5.75 Å². The molecule has 0 aliphatic carbocycles. The minimum Gasteiger partial charge on any atom is -0.494 e. The maximum Gasteiger partial charge on any atom is 0.252 e. The summed E-state index contributed by atoms with van der Waals surface area (Å²) in [5.41, 5.74) is 1.98. The molecule has 0 aliphatic rings. The average molecular weight is 509 g/mol. The Hall–Kier alpha value is -3.23. The highest BCUT2D eigenvalue weighted by atomic mass is 35.5. The molecule has 0 spiro atoms. The summed E-state index contributed by atoms with van der Waals surface area (Å²) in [7, 11) is 0. The molecular weight excluding hydrogens is 476 g/mol. The third-order valence-electron chi connectivity index (χ3n) is 6.16. The van der Waals surface area contributed by atoms with Crippen LogP contribution in [-0.2, 0) is 18.6 Å². The van der Waals surface area contributed by atoms with Crippen LogP contribution in [0, 0.1) is 0 Å². The molecule has 0 saturated carbocycles. The Morgan fingerprint density at radius 1 is 1.08 bits per heavy atom. The first kappa shape index (κ1) is 25.9. The van der Waals surface area contributed by atoms with E-state index in [1.54, 1.807) is 0 Å². The summed E-state index contributed by atoms with van der Waals surface area (Å²) in [6.45, 7) is 11.8. The fourth-order valence-corrected chi connectivity index (χ4v) is 4.62. The molecule has 4 rings (SSSR count). The monoisotopic (exact) mass is 508 g/mol. The van der Waals surface area contributed by atoms with Gasteiger partial charge in [-0.2, -0.15) is 0 Å². The van der Waals surface area contributed by atoms with E-state index < -0.39 is 0 Å². The van der Waals surface area contributed by atoms with Gasteiger partial charge in [-0.1, -0.05) is 36.7 Å². The highest BCUT2D eigenvalue weighted by Gasteiger charge is 2.30. The van der Waals surface area contributed by atoms with Gasteiger partial charge in [0.25, 0.3) is 5.56 Å². The van der Waals surface area contributed by atoms with Gasteiger partial charge < -0.3 is 9.72 Å². The van der Waals surface area contributed by atoms with Gasteiger partial charge in [0.2, 0.25) is 0 Å². The van der Waals surface area contributed by atoms with Crippen LogP contribution < -0.4 is 10.3 Å². The summed E-state index contributed by atoms with van der Waals surface area (Å²) in [4.78, 5) is 18.4. The summed E-state index contributed by atoms with van der Waals surface area (Å²) in [5.74, 6) is 1.53. The second-order valence-electron chi connectivity index (χ2n) is 9.85. The van der Waals surface area contributed by atoms with Gasteiger partial charge in [-0.15, -0.1) is 5.10 Å². The maximum atomic E-state index is 13.1. The Balaban J connectivity index is 1.78. The lowest BCUT2D eigenvalue weighted by Gasteiger charge is -2.32. The maximum absolute atomic E-state index is 13.1. The van der Waals surface area contributed by atoms with Crippen molar-refractivity contribution >= 4 is 22.5 Å². The number of fused-ring (bicyclic) bond motifs is 1. The van der Waals surface area contributed by atoms with Gasteiger partial charge in [0, 0.05) is 34.6 Å². The highest BCUT2D eigenvalue weighted by molar-refractivity contribution is 6.31. The minimum atomic E-state index is -0.293. The lowest BCUT2D eigenvalue weighted by molar-refractivity contribution is 0.153. The van der Waals surface area contributed by atoms with E-state index in [-0.39, 0.29) is 17.1 Å². The number of hydrogen-bond acceptors (Lipinski definition) is 6. The molecule has 0 fully saturated rings. The number of aromatic amines is 1. The number of aromatic nitrogens is 5. The third-order valence-corrected chi connectivity index (χ3v) is 6.53. The van der Waals surface area contributed by atoms with Crippen LogP contribution >= 0.6 is 11.6 Å². The number of rotatable bonds is 9. The number of nitrogens with zero attached hydrogens (tertiary/aromatic N) is 5. The van der Waals surface area contributed by atoms with Crippen molar-refractivity contribution in [2.75, 3.05) is 6.61 Å². The average Bonchev–Trinajstić information content (AvgIpc) is 3.32. The normalized spacial score (nSPS) is 12.9. The molecule has 0 aliphatic heterocycles. The zero-order chi connectivity index (χ0) is 25.9. The predicted molar refractivity (Wildman–Crippen MR) is 142 cm³/mol. The molecule has 2 heterocycles. The minimum absolute atomic E-state index is 0.124. The van der Waals surface area contributed by atoms with Crippen molar-refractivity contribution in [2.45, 2.75) is 65.7 Å². The molecule has 190 valence electrons. The Morgan fingerprint density at radius 2 is 1.83 bits per heavy atom. The Kier molecular flexibility index (Phi) is 7.76. The van der Waals surface area contributed by atoms with E-state index in [4.69, 9.17) is 16.3 Å². The molecule has 0 unspecified atom stereocenters. The molecule has 0 bridgehead atoms. The molecule has 0 amide bonds. The van der Waals surface area contributed by atoms with Crippen LogP contribution in [0.2, 0.25) is 5.02 Å². The smallest absolute Gasteiger partial charge is 0.252 e. The lowest BCUT2D eigenvalue weighted by atomic mass is 10.0. The first-order valence-electron chi connectivity index (χ1n) is 12.3. The molecule has 8 nitrogen and oxygen atoms in total. The van der Waals surface area contributed by atoms with Crippen LogP contribution in [-0.4, -0.2) is 36.7 Å². The first-order valence-corrected chi connectivity index (χ1v) is 12.6. The van der Waals surface area contributed by atoms with Crippen LogP contribution in [0.1, 0.15) is 64.0 Å². The van der Waals surface area contributed by atoms with E-state index in [2.05, 4.69) is 53.1 Å². The number of pyridine rings is 1. The van der Waals surface area contributed by atoms with E-state index in [9.17, 15) is 4.79 Å². The van der Waals surface area contributed by atoms with E-state index >= 15 is 0 Å². The molecule has 36 heavy (non-hydrogen) atoms. The van der Waals surface area contributed by atoms with Gasteiger partial charge in [0.1, 0.15) is 5.75 Å². The predicted octanol–water partition coefficient (Wildman–Crippen LogP) is 5.48. The van der Waals surface area contributed by atoms with Gasteiger partial charge >= 0.3 is 0 Å². The lowest BCUT2D eigenvalue weighted by Crippen LogP contribution is -2.35. The second kappa shape index (κ2) is 10.8. The fraction of sp³-hybridized carbons (Fsp3) is 0.407. The number of nitrogens with one attached hydrogen (secondary N) is 1. The van der Waals surface area contributed by atoms with Gasteiger partial charge in [0.15, 0.2) is 5.82 Å². The van der Waals surface area contributed by atoms with Crippen molar-refractivity contribution < 1.29 is 4.74 Å². The topological polar surface area (TPSA) is 88.9 Å². The molecule has 2 aromatic heterocycles. The number of ether oxygens (including phenoxy) is 1. The summed E-state index contributed by atoms with van der Waals surface area (Å²) in [5, 5.41) is 14.3. The summed E-state index contributed by atoms with van der Waals surface area (Å²) < 4.78 is 7.53. The van der Waals surface area contributed by atoms with Gasteiger partial charge in [0.05, 0.1) is 18.2 Å². The Labute approximate surface area is 216 Å². The van der Waals surface area contributed by atoms with E-state index in [0.717, 1.165) is 34.5 Å². The summed E-state index contributed by atoms with van der Waals surface area (Å²) in [6.07, 6.45) is 0.751. The zero-order valence-electron chi connectivity index (χ0n) is 21.5. The van der Waals surface area contributed by atoms with Crippen molar-refractivity contribution in [2.24, 2.45) is 0 Å². The van der Waals surface area contributed by atoms with Gasteiger partial charge in [-0.25, -0.2) is 4.68 Å². The molecule has 1 N–H and O–H groups in total. The van der Waals surface area contributed by atoms with Crippen molar-refractivity contribution in [3.05, 3.63) is 80.9 Å². The van der Waals surface area contributed by atoms with E-state index in [1.165, 1.54) is 0 Å². The third kappa shape index (κ3) is 5.60. The van der Waals surface area contributed by atoms with Crippen LogP contribution in [0.4, 0.5) is 0 Å². The van der Waals surface area contributed by atoms with Crippen molar-refractivity contribution in [1.82, 2.24) is 30.1 Å². The fourth-order valence-electron chi connectivity index (χ4n) is 4.43. The zero-order valence-corrected chi connectivity index (χ0v) is 22.2. The van der Waals surface area contributed by atoms with Crippen LogP contribution in [0.25, 0.3) is 10.9 Å².